The van der Waals surface area contributed by atoms with E-state index in [0.29, 0.717) is 12.3 Å². The minimum Gasteiger partial charge on any atom is -0.496 e. The molecule has 1 unspecified atom stereocenters. The molecule has 2 nitrogen and oxygen atoms in total. The molecule has 0 spiro atoms. The minimum absolute atomic E-state index is 0.235. The highest BCUT2D eigenvalue weighted by molar-refractivity contribution is 5.53. The monoisotopic (exact) mass is 246 g/mol. The van der Waals surface area contributed by atoms with Crippen LogP contribution in [0, 0.1) is 0 Å². The molecule has 1 aliphatic rings. The first-order chi connectivity index (χ1) is 8.76. The second kappa shape index (κ2) is 6.03. The highest BCUT2D eigenvalue weighted by Crippen LogP contribution is 2.37. The van der Waals surface area contributed by atoms with Crippen LogP contribution >= 0.6 is 0 Å². The summed E-state index contributed by atoms with van der Waals surface area (Å²) in [7, 11) is 1.70. The second-order valence-corrected chi connectivity index (χ2v) is 5.29. The maximum atomic E-state index is 10.7. The molecule has 2 heteroatoms. The zero-order valence-corrected chi connectivity index (χ0v) is 11.3. The minimum atomic E-state index is 0.235. The van der Waals surface area contributed by atoms with E-state index in [-0.39, 0.29) is 5.92 Å². The number of methoxy groups -OCH3 is 1. The number of benzene rings is 1. The highest BCUT2D eigenvalue weighted by atomic mass is 16.5. The fourth-order valence-corrected chi connectivity index (χ4v) is 2.92. The number of rotatable bonds is 5. The van der Waals surface area contributed by atoms with E-state index in [1.165, 1.54) is 36.8 Å². The molecule has 0 bridgehead atoms. The van der Waals surface area contributed by atoms with Gasteiger partial charge in [0.15, 0.2) is 0 Å². The molecule has 1 saturated carbocycles. The van der Waals surface area contributed by atoms with Gasteiger partial charge in [-0.2, -0.15) is 0 Å². The summed E-state index contributed by atoms with van der Waals surface area (Å²) in [5.74, 6) is 1.85. The Balaban J connectivity index is 2.28. The number of hydrogen-bond acceptors (Lipinski definition) is 2. The highest BCUT2D eigenvalue weighted by Gasteiger charge is 2.19. The van der Waals surface area contributed by atoms with Crippen molar-refractivity contribution in [1.29, 1.82) is 0 Å². The third-order valence-corrected chi connectivity index (χ3v) is 4.06. The van der Waals surface area contributed by atoms with Crippen LogP contribution in [0.4, 0.5) is 0 Å². The normalized spacial score (nSPS) is 17.7. The van der Waals surface area contributed by atoms with Gasteiger partial charge in [-0.3, -0.25) is 0 Å². The molecule has 0 aromatic heterocycles. The summed E-state index contributed by atoms with van der Waals surface area (Å²) in [6.07, 6.45) is 6.84. The van der Waals surface area contributed by atoms with E-state index >= 15 is 0 Å². The van der Waals surface area contributed by atoms with Crippen LogP contribution in [0.1, 0.15) is 62.0 Å². The SMILES string of the molecule is COc1ccc(C2CCCC2)cc1C(C)CC=O. The molecule has 1 aliphatic carbocycles. The molecule has 2 rings (SSSR count). The predicted molar refractivity (Wildman–Crippen MR) is 73.3 cm³/mol. The second-order valence-electron chi connectivity index (χ2n) is 5.29. The van der Waals surface area contributed by atoms with Crippen LogP contribution < -0.4 is 4.74 Å². The number of carbonyl (C=O) groups is 1. The van der Waals surface area contributed by atoms with E-state index in [0.717, 1.165) is 12.0 Å². The van der Waals surface area contributed by atoms with E-state index < -0.39 is 0 Å². The fourth-order valence-electron chi connectivity index (χ4n) is 2.92. The smallest absolute Gasteiger partial charge is 0.122 e. The van der Waals surface area contributed by atoms with Gasteiger partial charge in [-0.25, -0.2) is 0 Å². The van der Waals surface area contributed by atoms with Crippen molar-refractivity contribution in [2.75, 3.05) is 7.11 Å². The number of hydrogen-bond donors (Lipinski definition) is 0. The van der Waals surface area contributed by atoms with Crippen molar-refractivity contribution in [3.63, 3.8) is 0 Å². The van der Waals surface area contributed by atoms with Gasteiger partial charge in [0.2, 0.25) is 0 Å². The summed E-state index contributed by atoms with van der Waals surface area (Å²) in [5, 5.41) is 0. The van der Waals surface area contributed by atoms with Crippen LogP contribution in [0.3, 0.4) is 0 Å². The van der Waals surface area contributed by atoms with Crippen molar-refractivity contribution < 1.29 is 9.53 Å². The van der Waals surface area contributed by atoms with Gasteiger partial charge < -0.3 is 9.53 Å². The largest absolute Gasteiger partial charge is 0.496 e. The lowest BCUT2D eigenvalue weighted by molar-refractivity contribution is -0.108. The van der Waals surface area contributed by atoms with Gasteiger partial charge in [0.25, 0.3) is 0 Å². The Hall–Kier alpha value is -1.31. The zero-order valence-electron chi connectivity index (χ0n) is 11.3. The molecule has 0 amide bonds. The van der Waals surface area contributed by atoms with Crippen LogP contribution in [0.25, 0.3) is 0 Å². The number of aldehydes is 1. The third kappa shape index (κ3) is 2.74. The average Bonchev–Trinajstić information content (AvgIpc) is 2.92. The first kappa shape index (κ1) is 13.1. The maximum Gasteiger partial charge on any atom is 0.122 e. The molecule has 0 heterocycles. The lowest BCUT2D eigenvalue weighted by Gasteiger charge is -2.17. The van der Waals surface area contributed by atoms with Crippen LogP contribution in [0.2, 0.25) is 0 Å². The van der Waals surface area contributed by atoms with Crippen LogP contribution in [-0.2, 0) is 4.79 Å². The van der Waals surface area contributed by atoms with Crippen LogP contribution in [-0.4, -0.2) is 13.4 Å². The Kier molecular flexibility index (Phi) is 4.40. The number of ether oxygens (including phenoxy) is 1. The molecular weight excluding hydrogens is 224 g/mol. The Morgan fingerprint density at radius 3 is 2.72 bits per heavy atom. The molecule has 0 N–H and O–H groups in total. The summed E-state index contributed by atoms with van der Waals surface area (Å²) < 4.78 is 5.41. The molecule has 18 heavy (non-hydrogen) atoms. The predicted octanol–water partition coefficient (Wildman–Crippen LogP) is 4.05. The first-order valence-corrected chi connectivity index (χ1v) is 6.87. The molecule has 0 aliphatic heterocycles. The van der Waals surface area contributed by atoms with Crippen molar-refractivity contribution in [2.45, 2.75) is 50.9 Å². The maximum absolute atomic E-state index is 10.7. The summed E-state index contributed by atoms with van der Waals surface area (Å²) in [6, 6.07) is 6.50. The zero-order chi connectivity index (χ0) is 13.0. The Morgan fingerprint density at radius 2 is 2.11 bits per heavy atom. The van der Waals surface area contributed by atoms with Crippen molar-refractivity contribution in [3.8, 4) is 5.75 Å². The Bertz CT molecular complexity index is 406. The van der Waals surface area contributed by atoms with Crippen molar-refractivity contribution in [3.05, 3.63) is 29.3 Å². The van der Waals surface area contributed by atoms with Gasteiger partial charge in [0.1, 0.15) is 12.0 Å². The molecule has 1 aromatic rings. The van der Waals surface area contributed by atoms with Crippen LogP contribution in [0.15, 0.2) is 18.2 Å². The molecule has 1 atom stereocenters. The van der Waals surface area contributed by atoms with Gasteiger partial charge >= 0.3 is 0 Å². The fraction of sp³-hybridized carbons (Fsp3) is 0.562. The summed E-state index contributed by atoms with van der Waals surface area (Å²) in [6.45, 7) is 2.09. The Labute approximate surface area is 109 Å². The van der Waals surface area contributed by atoms with Crippen molar-refractivity contribution in [2.24, 2.45) is 0 Å². The van der Waals surface area contributed by atoms with Gasteiger partial charge in [-0.1, -0.05) is 31.9 Å². The summed E-state index contributed by atoms with van der Waals surface area (Å²) >= 11 is 0. The third-order valence-electron chi connectivity index (χ3n) is 4.06. The van der Waals surface area contributed by atoms with E-state index in [2.05, 4.69) is 25.1 Å². The van der Waals surface area contributed by atoms with Crippen molar-refractivity contribution in [1.82, 2.24) is 0 Å². The molecule has 0 radical (unpaired) electrons. The van der Waals surface area contributed by atoms with Gasteiger partial charge in [0, 0.05) is 6.42 Å². The molecular formula is C16H22O2. The quantitative estimate of drug-likeness (QED) is 0.733. The van der Waals surface area contributed by atoms with Gasteiger partial charge in [-0.05, 0) is 41.9 Å². The van der Waals surface area contributed by atoms with Gasteiger partial charge in [0.05, 0.1) is 7.11 Å². The van der Waals surface area contributed by atoms with E-state index in [1.54, 1.807) is 7.11 Å². The standard InChI is InChI=1S/C16H22O2/c1-12(9-10-17)15-11-14(7-8-16(15)18-2)13-5-3-4-6-13/h7-8,10-13H,3-6,9H2,1-2H3. The molecule has 1 aromatic carbocycles. The average molecular weight is 246 g/mol. The first-order valence-electron chi connectivity index (χ1n) is 6.87. The lowest BCUT2D eigenvalue weighted by Crippen LogP contribution is -2.01. The Morgan fingerprint density at radius 1 is 1.39 bits per heavy atom. The molecule has 1 fully saturated rings. The molecule has 98 valence electrons. The van der Waals surface area contributed by atoms with Crippen LogP contribution in [0.5, 0.6) is 5.75 Å². The summed E-state index contributed by atoms with van der Waals surface area (Å²) in [5.41, 5.74) is 2.59. The molecule has 0 saturated heterocycles. The topological polar surface area (TPSA) is 26.3 Å². The van der Waals surface area contributed by atoms with Gasteiger partial charge in [-0.15, -0.1) is 0 Å². The summed E-state index contributed by atoms with van der Waals surface area (Å²) in [4.78, 5) is 10.7. The van der Waals surface area contributed by atoms with E-state index in [1.807, 2.05) is 0 Å². The lowest BCUT2D eigenvalue weighted by atomic mass is 9.90. The van der Waals surface area contributed by atoms with Crippen molar-refractivity contribution >= 4 is 6.29 Å². The van der Waals surface area contributed by atoms with E-state index in [4.69, 9.17) is 4.74 Å². The number of carbonyl (C=O) groups excluding carboxylic acids is 1. The van der Waals surface area contributed by atoms with E-state index in [9.17, 15) is 4.79 Å².